The SMILES string of the molecule is CC[C@H]1[C@@H](O)[C@@H]2[C@H](CC[C@]3(C)C([C@H](C)CCc4nc(NS(=O)(=O)C5CC5)n[nH]4)CC[C@@H]23)[C@@]2(C)CC[C@@H](O)C[C@@H]12. The number of aliphatic hydroxyl groups excluding tert-OH is 2. The molecule has 1 unspecified atom stereocenters. The van der Waals surface area contributed by atoms with E-state index >= 15 is 0 Å². The normalized spacial score (nSPS) is 44.8. The van der Waals surface area contributed by atoms with Crippen LogP contribution in [0.3, 0.4) is 0 Å². The van der Waals surface area contributed by atoms with Crippen LogP contribution in [-0.4, -0.2) is 51.3 Å². The third kappa shape index (κ3) is 4.66. The van der Waals surface area contributed by atoms with Crippen molar-refractivity contribution >= 4 is 16.0 Å². The number of nitrogens with one attached hydrogen (secondary N) is 2. The predicted octanol–water partition coefficient (Wildman–Crippen LogP) is 4.90. The molecule has 0 spiro atoms. The number of hydrogen-bond donors (Lipinski definition) is 4. The number of aryl methyl sites for hydroxylation is 1. The highest BCUT2D eigenvalue weighted by Crippen LogP contribution is 2.69. The first-order valence-corrected chi connectivity index (χ1v) is 17.3. The van der Waals surface area contributed by atoms with Gasteiger partial charge >= 0.3 is 0 Å². The van der Waals surface area contributed by atoms with Crippen LogP contribution in [0.15, 0.2) is 0 Å². The van der Waals surface area contributed by atoms with Gasteiger partial charge in [-0.1, -0.05) is 34.1 Å². The van der Waals surface area contributed by atoms with Gasteiger partial charge in [-0.05, 0) is 116 Å². The lowest BCUT2D eigenvalue weighted by Gasteiger charge is -2.64. The van der Waals surface area contributed by atoms with Crippen LogP contribution in [0.25, 0.3) is 0 Å². The average Bonchev–Trinajstić information content (AvgIpc) is 3.58. The highest BCUT2D eigenvalue weighted by atomic mass is 32.2. The Balaban J connectivity index is 1.14. The number of H-pyrrole nitrogens is 1. The quantitative estimate of drug-likeness (QED) is 0.357. The van der Waals surface area contributed by atoms with E-state index in [1.165, 1.54) is 25.7 Å². The number of sulfonamides is 1. The first-order chi connectivity index (χ1) is 18.5. The lowest BCUT2D eigenvalue weighted by atomic mass is 9.41. The molecule has 0 aromatic carbocycles. The Kier molecular flexibility index (Phi) is 7.15. The van der Waals surface area contributed by atoms with E-state index < -0.39 is 10.0 Å². The molecule has 5 aliphatic rings. The number of aromatic amines is 1. The Morgan fingerprint density at radius 3 is 2.46 bits per heavy atom. The second kappa shape index (κ2) is 9.97. The Bertz CT molecular complexity index is 1150. The van der Waals surface area contributed by atoms with Gasteiger partial charge in [0.05, 0.1) is 17.5 Å². The topological polar surface area (TPSA) is 128 Å². The third-order valence-corrected chi connectivity index (χ3v) is 14.5. The lowest BCUT2D eigenvalue weighted by Crippen LogP contribution is -2.62. The summed E-state index contributed by atoms with van der Waals surface area (Å²) in [6.45, 7) is 9.64. The van der Waals surface area contributed by atoms with Crippen molar-refractivity contribution in [3.05, 3.63) is 5.82 Å². The molecule has 0 radical (unpaired) electrons. The molecule has 0 saturated heterocycles. The van der Waals surface area contributed by atoms with Crippen molar-refractivity contribution in [1.82, 2.24) is 15.2 Å². The molecule has 0 amide bonds. The van der Waals surface area contributed by atoms with Crippen LogP contribution in [0, 0.1) is 52.3 Å². The number of hydrogen-bond acceptors (Lipinski definition) is 6. The first kappa shape index (κ1) is 28.0. The van der Waals surface area contributed by atoms with Crippen LogP contribution < -0.4 is 4.72 Å². The number of fused-ring (bicyclic) bond motifs is 5. The molecule has 8 nitrogen and oxygen atoms in total. The molecular weight excluding hydrogens is 512 g/mol. The second-order valence-corrected chi connectivity index (χ2v) is 16.6. The minimum absolute atomic E-state index is 0.162. The average molecular weight is 563 g/mol. The van der Waals surface area contributed by atoms with Gasteiger partial charge in [0.25, 0.3) is 5.95 Å². The highest BCUT2D eigenvalue weighted by Gasteiger charge is 2.64. The maximum absolute atomic E-state index is 12.2. The van der Waals surface area contributed by atoms with Gasteiger partial charge in [0, 0.05) is 6.42 Å². The van der Waals surface area contributed by atoms with E-state index in [1.54, 1.807) is 0 Å². The highest BCUT2D eigenvalue weighted by molar-refractivity contribution is 7.93. The zero-order valence-corrected chi connectivity index (χ0v) is 25.1. The molecule has 4 N–H and O–H groups in total. The van der Waals surface area contributed by atoms with Gasteiger partial charge < -0.3 is 10.2 Å². The van der Waals surface area contributed by atoms with Crippen molar-refractivity contribution < 1.29 is 18.6 Å². The standard InChI is InChI=1S/C30H50N4O4S/c1-5-20-24-16-18(35)12-14-30(24,4)23-13-15-29(3)21(9-10-22(29)26(23)27(20)36)17(2)6-11-25-31-28(33-32-25)34-39(37,38)19-7-8-19/h17-24,26-27,35-36H,5-16H2,1-4H3,(H2,31,32,33,34)/t17-,18-,20-,21?,22+,23+,24+,26+,27-,29-,30-/m1/s1. The van der Waals surface area contributed by atoms with Crippen molar-refractivity contribution in [1.29, 1.82) is 0 Å². The Labute approximate surface area is 234 Å². The van der Waals surface area contributed by atoms with Gasteiger partial charge in [0.15, 0.2) is 0 Å². The van der Waals surface area contributed by atoms with Crippen molar-refractivity contribution in [3.63, 3.8) is 0 Å². The molecule has 5 saturated carbocycles. The van der Waals surface area contributed by atoms with Gasteiger partial charge in [0.2, 0.25) is 10.0 Å². The van der Waals surface area contributed by atoms with Gasteiger partial charge in [-0.2, -0.15) is 4.98 Å². The summed E-state index contributed by atoms with van der Waals surface area (Å²) in [5.74, 6) is 4.26. The lowest BCUT2D eigenvalue weighted by molar-refractivity contribution is -0.203. The van der Waals surface area contributed by atoms with Crippen LogP contribution in [0.1, 0.15) is 104 Å². The third-order valence-electron chi connectivity index (χ3n) is 12.7. The van der Waals surface area contributed by atoms with E-state index in [-0.39, 0.29) is 34.2 Å². The Morgan fingerprint density at radius 1 is 1.03 bits per heavy atom. The molecule has 0 aliphatic heterocycles. The fourth-order valence-corrected chi connectivity index (χ4v) is 11.8. The van der Waals surface area contributed by atoms with E-state index in [0.29, 0.717) is 54.3 Å². The van der Waals surface area contributed by atoms with Crippen molar-refractivity contribution in [2.75, 3.05) is 4.72 Å². The molecule has 6 rings (SSSR count). The minimum atomic E-state index is -3.36. The molecule has 9 heteroatoms. The van der Waals surface area contributed by atoms with Crippen LogP contribution in [0.2, 0.25) is 0 Å². The number of anilines is 1. The fraction of sp³-hybridized carbons (Fsp3) is 0.933. The summed E-state index contributed by atoms with van der Waals surface area (Å²) in [5.41, 5.74) is 0.476. The van der Waals surface area contributed by atoms with Crippen LogP contribution in [-0.2, 0) is 16.4 Å². The molecule has 39 heavy (non-hydrogen) atoms. The zero-order valence-electron chi connectivity index (χ0n) is 24.3. The summed E-state index contributed by atoms with van der Waals surface area (Å²) in [6, 6.07) is 0. The molecule has 5 fully saturated rings. The maximum atomic E-state index is 12.2. The summed E-state index contributed by atoms with van der Waals surface area (Å²) >= 11 is 0. The summed E-state index contributed by atoms with van der Waals surface area (Å²) < 4.78 is 27.0. The summed E-state index contributed by atoms with van der Waals surface area (Å²) in [7, 11) is -3.36. The largest absolute Gasteiger partial charge is 0.393 e. The van der Waals surface area contributed by atoms with Crippen LogP contribution in [0.5, 0.6) is 0 Å². The van der Waals surface area contributed by atoms with E-state index in [1.807, 2.05) is 0 Å². The van der Waals surface area contributed by atoms with E-state index in [0.717, 1.165) is 44.3 Å². The second-order valence-electron chi connectivity index (χ2n) is 14.6. The van der Waals surface area contributed by atoms with Crippen LogP contribution >= 0.6 is 0 Å². The molecule has 0 bridgehead atoms. The predicted molar refractivity (Wildman–Crippen MR) is 151 cm³/mol. The maximum Gasteiger partial charge on any atom is 0.255 e. The molecule has 5 aliphatic carbocycles. The number of nitrogens with zero attached hydrogens (tertiary/aromatic N) is 2. The monoisotopic (exact) mass is 562 g/mol. The summed E-state index contributed by atoms with van der Waals surface area (Å²) in [6.07, 6.45) is 11.4. The van der Waals surface area contributed by atoms with Gasteiger partial charge in [-0.15, -0.1) is 5.10 Å². The molecule has 1 aromatic rings. The first-order valence-electron chi connectivity index (χ1n) is 15.8. The Morgan fingerprint density at radius 2 is 1.74 bits per heavy atom. The Hall–Kier alpha value is -1.19. The smallest absolute Gasteiger partial charge is 0.255 e. The van der Waals surface area contributed by atoms with Crippen molar-refractivity contribution in [2.45, 2.75) is 122 Å². The fourth-order valence-electron chi connectivity index (χ4n) is 10.5. The summed E-state index contributed by atoms with van der Waals surface area (Å²) in [4.78, 5) is 4.43. The molecule has 1 aromatic heterocycles. The van der Waals surface area contributed by atoms with E-state index in [4.69, 9.17) is 0 Å². The molecular formula is C30H50N4O4S. The van der Waals surface area contributed by atoms with Gasteiger partial charge in [0.1, 0.15) is 5.82 Å². The van der Waals surface area contributed by atoms with Crippen LogP contribution in [0.4, 0.5) is 5.95 Å². The van der Waals surface area contributed by atoms with E-state index in [9.17, 15) is 18.6 Å². The van der Waals surface area contributed by atoms with Crippen molar-refractivity contribution in [3.8, 4) is 0 Å². The molecule has 11 atom stereocenters. The number of rotatable bonds is 8. The van der Waals surface area contributed by atoms with Crippen molar-refractivity contribution in [2.24, 2.45) is 52.3 Å². The zero-order chi connectivity index (χ0) is 27.7. The van der Waals surface area contributed by atoms with Gasteiger partial charge in [-0.25, -0.2) is 13.1 Å². The number of aliphatic hydroxyl groups is 2. The van der Waals surface area contributed by atoms with Gasteiger partial charge in [-0.3, -0.25) is 5.10 Å². The molecule has 1 heterocycles. The number of aromatic nitrogens is 3. The summed E-state index contributed by atoms with van der Waals surface area (Å²) in [5, 5.41) is 29.2. The molecule has 220 valence electrons. The van der Waals surface area contributed by atoms with E-state index in [2.05, 4.69) is 47.6 Å². The minimum Gasteiger partial charge on any atom is -0.393 e.